The fraction of sp³-hybridized carbons (Fsp3) is 0.538. The second kappa shape index (κ2) is 11.4. The zero-order valence-corrected chi connectivity index (χ0v) is 24.2. The molecule has 0 spiro atoms. The number of likely N-dealkylation sites (N-methyl/N-ethyl adjacent to an activating group) is 1. The van der Waals surface area contributed by atoms with E-state index in [1.54, 1.807) is 6.20 Å². The maximum atomic E-state index is 12.5. The molecule has 1 saturated heterocycles. The van der Waals surface area contributed by atoms with Gasteiger partial charge in [0, 0.05) is 28.5 Å². The zero-order valence-electron chi connectivity index (χ0n) is 22.6. The molecule has 1 amide bonds. The molecule has 0 aromatic carbocycles. The number of aromatic nitrogens is 3. The summed E-state index contributed by atoms with van der Waals surface area (Å²) in [6.07, 6.45) is 2.03. The van der Waals surface area contributed by atoms with E-state index in [-0.39, 0.29) is 12.1 Å². The molecule has 1 aliphatic carbocycles. The molecule has 5 N–H and O–H groups in total. The SMILES string of the molecule is C=C(Sc1ccnc(C)c1N)c1c(C)nc(SC)nc1N[C@@H]1C[C@H](C(O)C(=O)NCC)[C@H]2OC(C)(C)O[C@H]21. The molecule has 2 fully saturated rings. The zero-order chi connectivity index (χ0) is 27.8. The van der Waals surface area contributed by atoms with Crippen LogP contribution >= 0.6 is 23.5 Å². The van der Waals surface area contributed by atoms with Crippen molar-refractivity contribution in [3.05, 3.63) is 35.8 Å². The number of thioether (sulfide) groups is 2. The lowest BCUT2D eigenvalue weighted by Crippen LogP contribution is -2.43. The van der Waals surface area contributed by atoms with Crippen LogP contribution in [0.4, 0.5) is 11.5 Å². The maximum absolute atomic E-state index is 12.5. The Kier molecular flexibility index (Phi) is 8.58. The Morgan fingerprint density at radius 1 is 1.29 bits per heavy atom. The van der Waals surface area contributed by atoms with E-state index in [1.165, 1.54) is 23.5 Å². The first-order chi connectivity index (χ1) is 18.0. The molecule has 2 aromatic rings. The van der Waals surface area contributed by atoms with Gasteiger partial charge in [-0.1, -0.05) is 30.1 Å². The number of hydrogen-bond donors (Lipinski definition) is 4. The Labute approximate surface area is 232 Å². The summed E-state index contributed by atoms with van der Waals surface area (Å²) in [5.41, 5.74) is 9.17. The standard InChI is InChI=1S/C26H36N6O4S2/c1-8-28-24(34)20(33)15-11-16(22-21(15)35-26(5,6)36-22)31-23-18(12(2)30-25(32-23)37-7)14(4)38-17-9-10-29-13(3)19(17)27/h9-10,15-16,20-22,33H,4,8,11,27H2,1-3,5-7H3,(H,28,34)(H,30,31,32)/t15-,16-,20?,21-,22+/m1/s1. The summed E-state index contributed by atoms with van der Waals surface area (Å²) in [5.74, 6) is -1.10. The first-order valence-corrected chi connectivity index (χ1v) is 14.6. The second-order valence-corrected chi connectivity index (χ2v) is 11.8. The van der Waals surface area contributed by atoms with Gasteiger partial charge in [0.2, 0.25) is 5.91 Å². The van der Waals surface area contributed by atoms with Crippen molar-refractivity contribution in [1.29, 1.82) is 0 Å². The lowest BCUT2D eigenvalue weighted by molar-refractivity contribution is -0.164. The minimum Gasteiger partial charge on any atom is -0.396 e. The molecule has 0 bridgehead atoms. The van der Waals surface area contributed by atoms with Crippen molar-refractivity contribution in [3.8, 4) is 0 Å². The molecule has 38 heavy (non-hydrogen) atoms. The number of fused-ring (bicyclic) bond motifs is 1. The summed E-state index contributed by atoms with van der Waals surface area (Å²) in [4.78, 5) is 27.8. The number of nitrogen functional groups attached to an aromatic ring is 1. The molecule has 0 radical (unpaired) electrons. The predicted octanol–water partition coefficient (Wildman–Crippen LogP) is 3.37. The number of nitrogens with one attached hydrogen (secondary N) is 2. The van der Waals surface area contributed by atoms with E-state index >= 15 is 0 Å². The summed E-state index contributed by atoms with van der Waals surface area (Å²) in [6, 6.07) is 1.59. The number of ether oxygens (including phenoxy) is 2. The Hall–Kier alpha value is -2.38. The summed E-state index contributed by atoms with van der Waals surface area (Å²) < 4.78 is 12.4. The minimum atomic E-state index is -1.22. The van der Waals surface area contributed by atoms with Gasteiger partial charge >= 0.3 is 0 Å². The number of hydrogen-bond acceptors (Lipinski definition) is 11. The number of carbonyl (C=O) groups is 1. The lowest BCUT2D eigenvalue weighted by atomic mass is 9.97. The van der Waals surface area contributed by atoms with Crippen LogP contribution in [0.25, 0.3) is 4.91 Å². The van der Waals surface area contributed by atoms with Gasteiger partial charge in [-0.2, -0.15) is 0 Å². The van der Waals surface area contributed by atoms with Crippen molar-refractivity contribution in [2.24, 2.45) is 5.92 Å². The third kappa shape index (κ3) is 5.79. The number of nitrogens with two attached hydrogens (primary N) is 1. The summed E-state index contributed by atoms with van der Waals surface area (Å²) in [6.45, 7) is 14.0. The van der Waals surface area contributed by atoms with Crippen molar-refractivity contribution in [1.82, 2.24) is 20.3 Å². The fourth-order valence-electron chi connectivity index (χ4n) is 5.02. The lowest BCUT2D eigenvalue weighted by Gasteiger charge is -2.26. The van der Waals surface area contributed by atoms with Crippen molar-refractivity contribution in [2.45, 2.75) is 81.2 Å². The molecular formula is C26H36N6O4S2. The number of anilines is 2. The van der Waals surface area contributed by atoms with Gasteiger partial charge < -0.3 is 30.9 Å². The van der Waals surface area contributed by atoms with Gasteiger partial charge in [-0.25, -0.2) is 9.97 Å². The summed E-state index contributed by atoms with van der Waals surface area (Å²) in [7, 11) is 0. The quantitative estimate of drug-likeness (QED) is 0.265. The van der Waals surface area contributed by atoms with Gasteiger partial charge in [0.1, 0.15) is 18.0 Å². The van der Waals surface area contributed by atoms with E-state index in [2.05, 4.69) is 27.2 Å². The number of pyridine rings is 1. The van der Waals surface area contributed by atoms with Crippen molar-refractivity contribution in [3.63, 3.8) is 0 Å². The van der Waals surface area contributed by atoms with Gasteiger partial charge in [-0.3, -0.25) is 9.78 Å². The van der Waals surface area contributed by atoms with Gasteiger partial charge in [-0.05, 0) is 53.4 Å². The molecule has 1 aliphatic heterocycles. The predicted molar refractivity (Wildman–Crippen MR) is 151 cm³/mol. The number of aryl methyl sites for hydroxylation is 2. The van der Waals surface area contributed by atoms with Crippen LogP contribution in [0, 0.1) is 19.8 Å². The van der Waals surface area contributed by atoms with Crippen LogP contribution in [-0.2, 0) is 14.3 Å². The molecule has 206 valence electrons. The molecule has 4 rings (SSSR count). The van der Waals surface area contributed by atoms with Crippen LogP contribution in [0.1, 0.15) is 44.1 Å². The van der Waals surface area contributed by atoms with E-state index in [4.69, 9.17) is 20.2 Å². The van der Waals surface area contributed by atoms with E-state index in [0.29, 0.717) is 29.6 Å². The first kappa shape index (κ1) is 28.6. The van der Waals surface area contributed by atoms with Gasteiger partial charge in [0.05, 0.1) is 34.8 Å². The number of rotatable bonds is 9. The normalized spacial score (nSPS) is 24.6. The van der Waals surface area contributed by atoms with Crippen molar-refractivity contribution < 1.29 is 19.4 Å². The average molecular weight is 561 g/mol. The largest absolute Gasteiger partial charge is 0.396 e. The van der Waals surface area contributed by atoms with Crippen LogP contribution < -0.4 is 16.4 Å². The van der Waals surface area contributed by atoms with Crippen molar-refractivity contribution >= 4 is 45.8 Å². The second-order valence-electron chi connectivity index (χ2n) is 9.91. The third-order valence-corrected chi connectivity index (χ3v) is 8.34. The summed E-state index contributed by atoms with van der Waals surface area (Å²) >= 11 is 2.88. The van der Waals surface area contributed by atoms with E-state index < -0.39 is 29.8 Å². The number of aliphatic hydroxyl groups excluding tert-OH is 1. The number of nitrogens with zero attached hydrogens (tertiary/aromatic N) is 3. The maximum Gasteiger partial charge on any atom is 0.249 e. The fourth-order valence-corrected chi connectivity index (χ4v) is 6.43. The average Bonchev–Trinajstić information content (AvgIpc) is 3.34. The minimum absolute atomic E-state index is 0.273. The Morgan fingerprint density at radius 2 is 2.00 bits per heavy atom. The van der Waals surface area contributed by atoms with Crippen LogP contribution in [0.2, 0.25) is 0 Å². The summed E-state index contributed by atoms with van der Waals surface area (Å²) in [5, 5.41) is 17.8. The molecule has 10 nitrogen and oxygen atoms in total. The third-order valence-electron chi connectivity index (χ3n) is 6.77. The van der Waals surface area contributed by atoms with Crippen LogP contribution in [0.15, 0.2) is 28.9 Å². The van der Waals surface area contributed by atoms with Crippen LogP contribution in [-0.4, -0.2) is 68.9 Å². The van der Waals surface area contributed by atoms with E-state index in [9.17, 15) is 9.90 Å². The molecule has 3 heterocycles. The molecular weight excluding hydrogens is 524 g/mol. The van der Waals surface area contributed by atoms with E-state index in [0.717, 1.165) is 26.8 Å². The van der Waals surface area contributed by atoms with Crippen LogP contribution in [0.3, 0.4) is 0 Å². The van der Waals surface area contributed by atoms with Gasteiger partial charge in [-0.15, -0.1) is 0 Å². The Morgan fingerprint density at radius 3 is 2.68 bits per heavy atom. The Bertz CT molecular complexity index is 1230. The first-order valence-electron chi connectivity index (χ1n) is 12.5. The van der Waals surface area contributed by atoms with Crippen LogP contribution in [0.5, 0.6) is 0 Å². The molecule has 1 saturated carbocycles. The monoisotopic (exact) mass is 560 g/mol. The van der Waals surface area contributed by atoms with Crippen molar-refractivity contribution in [2.75, 3.05) is 23.9 Å². The smallest absolute Gasteiger partial charge is 0.249 e. The van der Waals surface area contributed by atoms with E-state index in [1.807, 2.05) is 46.9 Å². The Balaban J connectivity index is 1.66. The number of aliphatic hydroxyl groups is 1. The molecule has 2 aliphatic rings. The molecule has 5 atom stereocenters. The van der Waals surface area contributed by atoms with Gasteiger partial charge in [0.25, 0.3) is 0 Å². The topological polar surface area (TPSA) is 145 Å². The number of amides is 1. The highest BCUT2D eigenvalue weighted by molar-refractivity contribution is 8.08. The number of carbonyl (C=O) groups excluding carboxylic acids is 1. The van der Waals surface area contributed by atoms with Gasteiger partial charge in [0.15, 0.2) is 10.9 Å². The highest BCUT2D eigenvalue weighted by atomic mass is 32.2. The molecule has 12 heteroatoms. The molecule has 1 unspecified atom stereocenters. The highest BCUT2D eigenvalue weighted by Gasteiger charge is 2.56. The highest BCUT2D eigenvalue weighted by Crippen LogP contribution is 2.45. The molecule has 2 aromatic heterocycles.